The fourth-order valence-electron chi connectivity index (χ4n) is 3.53. The Bertz CT molecular complexity index is 1510. The number of aromatic hydroxyl groups is 1. The minimum atomic E-state index is -4.54. The van der Waals surface area contributed by atoms with E-state index in [1.807, 2.05) is 6.92 Å². The number of aryl methyl sites for hydroxylation is 1. The molecule has 0 aliphatic heterocycles. The lowest BCUT2D eigenvalue weighted by Gasteiger charge is -2.14. The summed E-state index contributed by atoms with van der Waals surface area (Å²) in [6.45, 7) is 1.30. The molecule has 3 aromatic carbocycles. The van der Waals surface area contributed by atoms with E-state index in [2.05, 4.69) is 10.5 Å². The van der Waals surface area contributed by atoms with E-state index in [9.17, 15) is 27.9 Å². The Hall–Kier alpha value is -4.60. The Balaban J connectivity index is 1.56. The molecular formula is C26H20F3N3O4. The second-order valence-electron chi connectivity index (χ2n) is 7.87. The maximum absolute atomic E-state index is 13.1. The Kier molecular flexibility index (Phi) is 6.77. The number of aromatic nitrogens is 1. The SMILES string of the molecule is Cc1ccc(-n2c(O)c(/C=N/NC(=O)COc3cccc(C(F)(F)F)c3)c3ccccc3c2=O)cc1. The highest BCUT2D eigenvalue weighted by molar-refractivity contribution is 6.02. The van der Waals surface area contributed by atoms with Gasteiger partial charge in [0, 0.05) is 10.8 Å². The number of fused-ring (bicyclic) bond motifs is 1. The summed E-state index contributed by atoms with van der Waals surface area (Å²) in [6.07, 6.45) is -3.35. The van der Waals surface area contributed by atoms with Crippen LogP contribution in [0.1, 0.15) is 16.7 Å². The molecule has 0 radical (unpaired) electrons. The lowest BCUT2D eigenvalue weighted by molar-refractivity contribution is -0.137. The summed E-state index contributed by atoms with van der Waals surface area (Å²) in [5.41, 5.74) is 2.48. The fraction of sp³-hybridized carbons (Fsp3) is 0.115. The first-order chi connectivity index (χ1) is 17.1. The number of nitrogens with one attached hydrogen (secondary N) is 1. The third-order valence-corrected chi connectivity index (χ3v) is 5.31. The standard InChI is InChI=1S/C26H20F3N3O4/c1-16-9-11-18(12-10-16)32-24(34)21-8-3-2-7-20(21)22(25(32)35)14-30-31-23(33)15-36-19-6-4-5-17(13-19)26(27,28)29/h2-14,35H,15H2,1H3,(H,31,33)/b30-14+. The molecule has 184 valence electrons. The largest absolute Gasteiger partial charge is 0.494 e. The van der Waals surface area contributed by atoms with Crippen molar-refractivity contribution in [3.63, 3.8) is 0 Å². The van der Waals surface area contributed by atoms with E-state index in [1.54, 1.807) is 48.5 Å². The van der Waals surface area contributed by atoms with Crippen LogP contribution in [-0.4, -0.2) is 28.4 Å². The average Bonchev–Trinajstić information content (AvgIpc) is 2.85. The zero-order valence-corrected chi connectivity index (χ0v) is 18.9. The molecule has 7 nitrogen and oxygen atoms in total. The molecule has 4 aromatic rings. The Morgan fingerprint density at radius 3 is 2.44 bits per heavy atom. The van der Waals surface area contributed by atoms with Crippen LogP contribution in [0.15, 0.2) is 82.7 Å². The molecule has 2 N–H and O–H groups in total. The number of nitrogens with zero attached hydrogens (tertiary/aromatic N) is 2. The molecule has 10 heteroatoms. The van der Waals surface area contributed by atoms with Gasteiger partial charge in [-0.15, -0.1) is 0 Å². The highest BCUT2D eigenvalue weighted by atomic mass is 19.4. The number of hydrogen-bond donors (Lipinski definition) is 2. The quantitative estimate of drug-likeness (QED) is 0.303. The highest BCUT2D eigenvalue weighted by Crippen LogP contribution is 2.31. The summed E-state index contributed by atoms with van der Waals surface area (Å²) < 4.78 is 44.7. The van der Waals surface area contributed by atoms with Crippen LogP contribution >= 0.6 is 0 Å². The molecule has 1 aromatic heterocycles. The van der Waals surface area contributed by atoms with Crippen LogP contribution in [-0.2, 0) is 11.0 Å². The van der Waals surface area contributed by atoms with E-state index in [4.69, 9.17) is 4.74 Å². The summed E-state index contributed by atoms with van der Waals surface area (Å²) in [4.78, 5) is 25.2. The van der Waals surface area contributed by atoms with Crippen molar-refractivity contribution in [2.45, 2.75) is 13.1 Å². The number of benzene rings is 3. The van der Waals surface area contributed by atoms with E-state index >= 15 is 0 Å². The van der Waals surface area contributed by atoms with Crippen molar-refractivity contribution >= 4 is 22.9 Å². The minimum Gasteiger partial charge on any atom is -0.494 e. The molecule has 1 heterocycles. The summed E-state index contributed by atoms with van der Waals surface area (Å²) in [5, 5.41) is 15.5. The van der Waals surface area contributed by atoms with Crippen molar-refractivity contribution in [1.82, 2.24) is 9.99 Å². The summed E-state index contributed by atoms with van der Waals surface area (Å²) >= 11 is 0. The number of pyridine rings is 1. The summed E-state index contributed by atoms with van der Waals surface area (Å²) in [5.74, 6) is -1.24. The first-order valence-electron chi connectivity index (χ1n) is 10.7. The van der Waals surface area contributed by atoms with Gasteiger partial charge in [-0.3, -0.25) is 9.59 Å². The maximum Gasteiger partial charge on any atom is 0.416 e. The van der Waals surface area contributed by atoms with Gasteiger partial charge in [-0.2, -0.15) is 18.3 Å². The normalized spacial score (nSPS) is 11.7. The number of hydrazone groups is 1. The van der Waals surface area contributed by atoms with Crippen molar-refractivity contribution in [2.75, 3.05) is 6.61 Å². The van der Waals surface area contributed by atoms with Crippen LogP contribution in [0, 0.1) is 6.92 Å². The number of rotatable bonds is 6. The second-order valence-corrected chi connectivity index (χ2v) is 7.87. The molecule has 0 aliphatic carbocycles. The van der Waals surface area contributed by atoms with Crippen LogP contribution < -0.4 is 15.7 Å². The van der Waals surface area contributed by atoms with E-state index in [0.717, 1.165) is 22.3 Å². The number of carbonyl (C=O) groups is 1. The molecule has 0 spiro atoms. The van der Waals surface area contributed by atoms with Crippen molar-refractivity contribution in [3.05, 3.63) is 99.8 Å². The van der Waals surface area contributed by atoms with Crippen LogP contribution in [0.2, 0.25) is 0 Å². The number of halogens is 3. The molecule has 36 heavy (non-hydrogen) atoms. The lowest BCUT2D eigenvalue weighted by Crippen LogP contribution is -2.25. The van der Waals surface area contributed by atoms with Gasteiger partial charge in [-0.05, 0) is 43.3 Å². The zero-order valence-electron chi connectivity index (χ0n) is 18.9. The summed E-state index contributed by atoms with van der Waals surface area (Å²) in [6, 6.07) is 17.8. The first kappa shape index (κ1) is 24.5. The van der Waals surface area contributed by atoms with Gasteiger partial charge in [0.05, 0.1) is 23.0 Å². The maximum atomic E-state index is 13.1. The Labute approximate surface area is 203 Å². The van der Waals surface area contributed by atoms with Crippen LogP contribution in [0.3, 0.4) is 0 Å². The van der Waals surface area contributed by atoms with Gasteiger partial charge in [0.25, 0.3) is 11.5 Å². The van der Waals surface area contributed by atoms with E-state index in [-0.39, 0.29) is 17.2 Å². The molecule has 0 fully saturated rings. The number of hydrogen-bond acceptors (Lipinski definition) is 5. The van der Waals surface area contributed by atoms with Gasteiger partial charge in [-0.25, -0.2) is 9.99 Å². The van der Waals surface area contributed by atoms with Crippen LogP contribution in [0.5, 0.6) is 11.6 Å². The van der Waals surface area contributed by atoms with E-state index < -0.39 is 29.8 Å². The smallest absolute Gasteiger partial charge is 0.416 e. The molecular weight excluding hydrogens is 475 g/mol. The number of carbonyl (C=O) groups excluding carboxylic acids is 1. The highest BCUT2D eigenvalue weighted by Gasteiger charge is 2.30. The van der Waals surface area contributed by atoms with Gasteiger partial charge in [0.2, 0.25) is 5.88 Å². The molecule has 0 bridgehead atoms. The predicted molar refractivity (Wildman–Crippen MR) is 129 cm³/mol. The third-order valence-electron chi connectivity index (χ3n) is 5.31. The topological polar surface area (TPSA) is 92.9 Å². The molecule has 0 unspecified atom stereocenters. The minimum absolute atomic E-state index is 0.127. The van der Waals surface area contributed by atoms with Crippen molar-refractivity contribution in [2.24, 2.45) is 5.10 Å². The zero-order chi connectivity index (χ0) is 25.9. The Morgan fingerprint density at radius 1 is 1.06 bits per heavy atom. The monoisotopic (exact) mass is 495 g/mol. The molecule has 0 aliphatic rings. The number of amides is 1. The fourth-order valence-corrected chi connectivity index (χ4v) is 3.53. The van der Waals surface area contributed by atoms with Gasteiger partial charge in [0.1, 0.15) is 5.75 Å². The lowest BCUT2D eigenvalue weighted by atomic mass is 10.1. The van der Waals surface area contributed by atoms with Gasteiger partial charge in [-0.1, -0.05) is 42.0 Å². The first-order valence-corrected chi connectivity index (χ1v) is 10.7. The number of ether oxygens (including phenoxy) is 1. The van der Waals surface area contributed by atoms with Crippen molar-refractivity contribution in [1.29, 1.82) is 0 Å². The van der Waals surface area contributed by atoms with Gasteiger partial charge in [0.15, 0.2) is 6.61 Å². The molecule has 4 rings (SSSR count). The van der Waals surface area contributed by atoms with Crippen LogP contribution in [0.25, 0.3) is 16.5 Å². The molecule has 0 saturated heterocycles. The van der Waals surface area contributed by atoms with Gasteiger partial charge >= 0.3 is 6.18 Å². The predicted octanol–water partition coefficient (Wildman–Crippen LogP) is 4.55. The van der Waals surface area contributed by atoms with E-state index in [1.165, 1.54) is 18.3 Å². The van der Waals surface area contributed by atoms with Gasteiger partial charge < -0.3 is 9.84 Å². The van der Waals surface area contributed by atoms with E-state index in [0.29, 0.717) is 16.5 Å². The molecule has 0 atom stereocenters. The van der Waals surface area contributed by atoms with Crippen molar-refractivity contribution < 1.29 is 27.8 Å². The Morgan fingerprint density at radius 2 is 1.75 bits per heavy atom. The summed E-state index contributed by atoms with van der Waals surface area (Å²) in [7, 11) is 0. The number of alkyl halides is 3. The van der Waals surface area contributed by atoms with Crippen LogP contribution in [0.4, 0.5) is 13.2 Å². The average molecular weight is 495 g/mol. The second kappa shape index (κ2) is 9.95. The molecule has 1 amide bonds. The molecule has 0 saturated carbocycles. The van der Waals surface area contributed by atoms with Crippen molar-refractivity contribution in [3.8, 4) is 17.3 Å². The third kappa shape index (κ3) is 5.22.